The highest BCUT2D eigenvalue weighted by Gasteiger charge is 2.20. The van der Waals surface area contributed by atoms with Crippen molar-refractivity contribution >= 4 is 11.9 Å². The maximum atomic E-state index is 12.2. The molecule has 7 heteroatoms. The average molecular weight is 301 g/mol. The molecule has 3 N–H and O–H groups in total. The summed E-state index contributed by atoms with van der Waals surface area (Å²) in [7, 11) is 0. The molecule has 2 rings (SSSR count). The molecule has 1 heterocycles. The van der Waals surface area contributed by atoms with E-state index in [2.05, 4.69) is 4.98 Å². The molecule has 0 aliphatic rings. The standard InChI is InChI=1S/C15H15N3O4/c1-2-21-12-5-3-4-11(14(19)18-16)13(12)22-15(20)10-6-8-17-9-7-10/h3-9H,2,16H2,1H3,(H,18,19). The molecule has 0 saturated heterocycles. The maximum absolute atomic E-state index is 12.2. The number of carbonyl (C=O) groups excluding carboxylic acids is 2. The number of para-hydroxylation sites is 1. The number of benzene rings is 1. The van der Waals surface area contributed by atoms with Crippen molar-refractivity contribution in [3.63, 3.8) is 0 Å². The highest BCUT2D eigenvalue weighted by molar-refractivity contribution is 5.99. The third-order valence-electron chi connectivity index (χ3n) is 2.77. The number of hydrogen-bond acceptors (Lipinski definition) is 6. The Morgan fingerprint density at radius 1 is 1.23 bits per heavy atom. The molecule has 0 aliphatic carbocycles. The van der Waals surface area contributed by atoms with Crippen LogP contribution in [0.5, 0.6) is 11.5 Å². The number of rotatable bonds is 5. The summed E-state index contributed by atoms with van der Waals surface area (Å²) in [5.74, 6) is 4.25. The van der Waals surface area contributed by atoms with Crippen molar-refractivity contribution in [2.24, 2.45) is 5.84 Å². The lowest BCUT2D eigenvalue weighted by atomic mass is 10.1. The molecule has 0 unspecified atom stereocenters. The highest BCUT2D eigenvalue weighted by Crippen LogP contribution is 2.32. The number of carbonyl (C=O) groups is 2. The number of esters is 1. The van der Waals surface area contributed by atoms with Crippen molar-refractivity contribution in [1.29, 1.82) is 0 Å². The van der Waals surface area contributed by atoms with Gasteiger partial charge in [0, 0.05) is 12.4 Å². The topological polar surface area (TPSA) is 104 Å². The Hall–Kier alpha value is -2.93. The van der Waals surface area contributed by atoms with E-state index in [4.69, 9.17) is 15.3 Å². The first kappa shape index (κ1) is 15.5. The van der Waals surface area contributed by atoms with Crippen LogP contribution in [0.2, 0.25) is 0 Å². The van der Waals surface area contributed by atoms with Crippen LogP contribution in [-0.4, -0.2) is 23.5 Å². The summed E-state index contributed by atoms with van der Waals surface area (Å²) in [5.41, 5.74) is 2.42. The Bertz CT molecular complexity index is 674. The van der Waals surface area contributed by atoms with Gasteiger partial charge in [-0.2, -0.15) is 0 Å². The molecule has 1 aromatic carbocycles. The van der Waals surface area contributed by atoms with Gasteiger partial charge in [0.2, 0.25) is 0 Å². The zero-order chi connectivity index (χ0) is 15.9. The number of aromatic nitrogens is 1. The van der Waals surface area contributed by atoms with Crippen molar-refractivity contribution in [2.75, 3.05) is 6.61 Å². The van der Waals surface area contributed by atoms with Gasteiger partial charge in [-0.05, 0) is 31.2 Å². The van der Waals surface area contributed by atoms with Crippen LogP contribution in [0.4, 0.5) is 0 Å². The van der Waals surface area contributed by atoms with Crippen molar-refractivity contribution in [2.45, 2.75) is 6.92 Å². The van der Waals surface area contributed by atoms with Gasteiger partial charge in [0.05, 0.1) is 17.7 Å². The van der Waals surface area contributed by atoms with Gasteiger partial charge in [0.1, 0.15) is 0 Å². The lowest BCUT2D eigenvalue weighted by molar-refractivity contribution is 0.0725. The SMILES string of the molecule is CCOc1cccc(C(=O)NN)c1OC(=O)c1ccncc1. The van der Waals surface area contributed by atoms with E-state index >= 15 is 0 Å². The van der Waals surface area contributed by atoms with Crippen LogP contribution in [0.1, 0.15) is 27.6 Å². The van der Waals surface area contributed by atoms with E-state index in [1.807, 2.05) is 5.43 Å². The van der Waals surface area contributed by atoms with Crippen molar-refractivity contribution in [3.8, 4) is 11.5 Å². The fourth-order valence-corrected chi connectivity index (χ4v) is 1.79. The fourth-order valence-electron chi connectivity index (χ4n) is 1.79. The van der Waals surface area contributed by atoms with Gasteiger partial charge >= 0.3 is 5.97 Å². The molecule has 0 atom stereocenters. The van der Waals surface area contributed by atoms with Gasteiger partial charge in [0.25, 0.3) is 5.91 Å². The number of hydrogen-bond donors (Lipinski definition) is 2. The normalized spacial score (nSPS) is 9.91. The number of hydrazine groups is 1. The van der Waals surface area contributed by atoms with Crippen LogP contribution in [0.25, 0.3) is 0 Å². The molecule has 0 radical (unpaired) electrons. The quantitative estimate of drug-likeness (QED) is 0.284. The highest BCUT2D eigenvalue weighted by atomic mass is 16.6. The van der Waals surface area contributed by atoms with Crippen LogP contribution < -0.4 is 20.7 Å². The Morgan fingerprint density at radius 3 is 2.59 bits per heavy atom. The van der Waals surface area contributed by atoms with Crippen LogP contribution in [0.15, 0.2) is 42.7 Å². The minimum Gasteiger partial charge on any atom is -0.490 e. The smallest absolute Gasteiger partial charge is 0.343 e. The second-order valence-corrected chi connectivity index (χ2v) is 4.16. The first-order valence-electron chi connectivity index (χ1n) is 6.56. The zero-order valence-electron chi connectivity index (χ0n) is 11.9. The molecule has 0 fully saturated rings. The van der Waals surface area contributed by atoms with Gasteiger partial charge in [0.15, 0.2) is 11.5 Å². The first-order valence-corrected chi connectivity index (χ1v) is 6.56. The number of pyridine rings is 1. The predicted molar refractivity (Wildman–Crippen MR) is 78.5 cm³/mol. The maximum Gasteiger partial charge on any atom is 0.343 e. The van der Waals surface area contributed by atoms with Gasteiger partial charge in [-0.15, -0.1) is 0 Å². The summed E-state index contributed by atoms with van der Waals surface area (Å²) >= 11 is 0. The fraction of sp³-hybridized carbons (Fsp3) is 0.133. The number of nitrogens with zero attached hydrogens (tertiary/aromatic N) is 1. The van der Waals surface area contributed by atoms with E-state index in [0.29, 0.717) is 12.2 Å². The summed E-state index contributed by atoms with van der Waals surface area (Å²) in [6, 6.07) is 7.72. The monoisotopic (exact) mass is 301 g/mol. The minimum atomic E-state index is -0.624. The molecular formula is C15H15N3O4. The Kier molecular flexibility index (Phi) is 5.05. The lowest BCUT2D eigenvalue weighted by Gasteiger charge is -2.13. The van der Waals surface area contributed by atoms with Gasteiger partial charge in [-0.1, -0.05) is 6.07 Å². The number of nitrogens with one attached hydrogen (secondary N) is 1. The Labute approximate surface area is 127 Å². The second kappa shape index (κ2) is 7.19. The van der Waals surface area contributed by atoms with E-state index in [1.54, 1.807) is 19.1 Å². The van der Waals surface area contributed by atoms with Crippen LogP contribution in [0, 0.1) is 0 Å². The van der Waals surface area contributed by atoms with Gasteiger partial charge in [-0.25, -0.2) is 10.6 Å². The molecule has 22 heavy (non-hydrogen) atoms. The van der Waals surface area contributed by atoms with E-state index < -0.39 is 11.9 Å². The van der Waals surface area contributed by atoms with Crippen LogP contribution in [-0.2, 0) is 0 Å². The number of amides is 1. The number of ether oxygens (including phenoxy) is 2. The number of nitrogens with two attached hydrogens (primary N) is 1. The summed E-state index contributed by atoms with van der Waals surface area (Å²) in [6.07, 6.45) is 2.94. The van der Waals surface area contributed by atoms with Gasteiger partial charge < -0.3 is 9.47 Å². The molecule has 0 bridgehead atoms. The Balaban J connectivity index is 2.39. The lowest BCUT2D eigenvalue weighted by Crippen LogP contribution is -2.30. The third-order valence-corrected chi connectivity index (χ3v) is 2.77. The molecule has 7 nitrogen and oxygen atoms in total. The zero-order valence-corrected chi connectivity index (χ0v) is 11.9. The third kappa shape index (κ3) is 3.39. The average Bonchev–Trinajstić information content (AvgIpc) is 2.56. The first-order chi connectivity index (χ1) is 10.7. The molecule has 0 aliphatic heterocycles. The van der Waals surface area contributed by atoms with Crippen LogP contribution in [0.3, 0.4) is 0 Å². The van der Waals surface area contributed by atoms with Crippen molar-refractivity contribution < 1.29 is 19.1 Å². The molecule has 2 aromatic rings. The van der Waals surface area contributed by atoms with E-state index in [-0.39, 0.29) is 17.1 Å². The number of nitrogen functional groups attached to an aromatic ring is 1. The molecular weight excluding hydrogens is 286 g/mol. The molecule has 0 spiro atoms. The van der Waals surface area contributed by atoms with E-state index in [1.165, 1.54) is 30.6 Å². The van der Waals surface area contributed by atoms with E-state index in [9.17, 15) is 9.59 Å². The largest absolute Gasteiger partial charge is 0.490 e. The van der Waals surface area contributed by atoms with Gasteiger partial charge in [-0.3, -0.25) is 15.2 Å². The summed E-state index contributed by atoms with van der Waals surface area (Å²) in [4.78, 5) is 27.8. The van der Waals surface area contributed by atoms with Crippen molar-refractivity contribution in [1.82, 2.24) is 10.4 Å². The molecule has 0 saturated carbocycles. The summed E-state index contributed by atoms with van der Waals surface area (Å²) < 4.78 is 10.7. The summed E-state index contributed by atoms with van der Waals surface area (Å²) in [5, 5.41) is 0. The molecule has 1 aromatic heterocycles. The second-order valence-electron chi connectivity index (χ2n) is 4.16. The Morgan fingerprint density at radius 2 is 1.95 bits per heavy atom. The minimum absolute atomic E-state index is 0.0223. The molecule has 1 amide bonds. The van der Waals surface area contributed by atoms with E-state index in [0.717, 1.165) is 0 Å². The van der Waals surface area contributed by atoms with Crippen molar-refractivity contribution in [3.05, 3.63) is 53.9 Å². The molecule has 114 valence electrons. The van der Waals surface area contributed by atoms with Crippen LogP contribution >= 0.6 is 0 Å². The summed E-state index contributed by atoms with van der Waals surface area (Å²) in [6.45, 7) is 2.14. The predicted octanol–water partition coefficient (Wildman–Crippen LogP) is 1.30.